The Morgan fingerprint density at radius 3 is 1.04 bits per heavy atom. The van der Waals surface area contributed by atoms with Gasteiger partial charge in [0.15, 0.2) is 23.9 Å². The van der Waals surface area contributed by atoms with E-state index in [2.05, 4.69) is 139 Å². The number of fused-ring (bicyclic) bond motifs is 5. The fourth-order valence-corrected chi connectivity index (χ4v) is 12.5. The van der Waals surface area contributed by atoms with Gasteiger partial charge in [0.05, 0.1) is 63.5 Å². The minimum Gasteiger partial charge on any atom is -0.340 e. The Bertz CT molecular complexity index is 2030. The zero-order chi connectivity index (χ0) is 49.3. The first-order valence-corrected chi connectivity index (χ1v) is 29.3. The molecule has 3 aromatic rings. The molecule has 1 atom stereocenters. The van der Waals surface area contributed by atoms with Crippen molar-refractivity contribution in [2.45, 2.75) is 228 Å². The van der Waals surface area contributed by atoms with Crippen molar-refractivity contribution in [1.82, 2.24) is 0 Å². The van der Waals surface area contributed by atoms with Gasteiger partial charge in [0.1, 0.15) is 0 Å². The maximum Gasteiger partial charge on any atom is 0.715 e. The summed E-state index contributed by atoms with van der Waals surface area (Å²) in [4.78, 5) is 0. The number of ether oxygens (including phenoxy) is 2. The van der Waals surface area contributed by atoms with Crippen molar-refractivity contribution < 1.29 is 27.6 Å². The van der Waals surface area contributed by atoms with Crippen molar-refractivity contribution in [2.75, 3.05) is 52.4 Å². The van der Waals surface area contributed by atoms with E-state index in [1.54, 1.807) is 0 Å². The summed E-state index contributed by atoms with van der Waals surface area (Å²) in [6.45, 7) is 34.2. The second-order valence-electron chi connectivity index (χ2n) is 22.3. The summed E-state index contributed by atoms with van der Waals surface area (Å²) >= 11 is 0. The Labute approximate surface area is 423 Å². The maximum absolute atomic E-state index is 7.43. The molecule has 0 N–H and O–H groups in total. The summed E-state index contributed by atoms with van der Waals surface area (Å²) in [5, 5.41) is 0. The molecule has 6 heteroatoms. The number of rotatable bonds is 34. The predicted octanol–water partition coefficient (Wildman–Crippen LogP) is 16.8. The lowest BCUT2D eigenvalue weighted by Gasteiger charge is -2.40. The van der Waals surface area contributed by atoms with Crippen molar-refractivity contribution in [2.24, 2.45) is 0 Å². The molecule has 3 aliphatic rings. The first-order chi connectivity index (χ1) is 33.6. The number of hydrogen-bond acceptors (Lipinski definition) is 2. The van der Waals surface area contributed by atoms with E-state index in [1.807, 2.05) is 0 Å². The quantitative estimate of drug-likeness (QED) is 0.0440. The third kappa shape index (κ3) is 13.3. The Morgan fingerprint density at radius 2 is 0.725 bits per heavy atom. The second kappa shape index (κ2) is 26.8. The predicted molar refractivity (Wildman–Crippen MR) is 295 cm³/mol. The van der Waals surface area contributed by atoms with Crippen LogP contribution in [0.25, 0.3) is 0 Å². The van der Waals surface area contributed by atoms with Gasteiger partial charge in [-0.3, -0.25) is 0 Å². The molecule has 3 aromatic carbocycles. The highest BCUT2D eigenvalue weighted by molar-refractivity contribution is 5.87. The van der Waals surface area contributed by atoms with Crippen LogP contribution in [0, 0.1) is 13.8 Å². The van der Waals surface area contributed by atoms with Crippen LogP contribution in [0.3, 0.4) is 0 Å². The van der Waals surface area contributed by atoms with Gasteiger partial charge in [-0.25, -0.2) is 0 Å². The van der Waals surface area contributed by atoms with Gasteiger partial charge >= 0.3 is 6.03 Å². The van der Waals surface area contributed by atoms with E-state index in [1.165, 1.54) is 230 Å². The molecule has 6 nitrogen and oxygen atoms in total. The molecule has 1 spiro atoms. The molecular weight excluding hydrogens is 845 g/mol. The fourth-order valence-electron chi connectivity index (χ4n) is 12.5. The Morgan fingerprint density at radius 1 is 0.420 bits per heavy atom. The van der Waals surface area contributed by atoms with Gasteiger partial charge in [-0.1, -0.05) is 144 Å². The van der Waals surface area contributed by atoms with Gasteiger partial charge in [0, 0.05) is 12.1 Å². The van der Waals surface area contributed by atoms with Crippen LogP contribution in [0.5, 0.6) is 11.5 Å². The largest absolute Gasteiger partial charge is 0.715 e. The van der Waals surface area contributed by atoms with Gasteiger partial charge in [0.2, 0.25) is 0 Å². The normalized spacial score (nSPS) is 16.1. The zero-order valence-electron chi connectivity index (χ0n) is 46.2. The molecule has 382 valence electrons. The van der Waals surface area contributed by atoms with Crippen molar-refractivity contribution in [3.05, 3.63) is 81.9 Å². The first kappa shape index (κ1) is 54.8. The zero-order valence-corrected chi connectivity index (χ0v) is 46.2. The lowest BCUT2D eigenvalue weighted by atomic mass is 9.87. The second-order valence-corrected chi connectivity index (χ2v) is 22.3. The van der Waals surface area contributed by atoms with Crippen LogP contribution >= 0.6 is 0 Å². The molecule has 0 aliphatic carbocycles. The Kier molecular flexibility index (Phi) is 21.3. The number of aryl methyl sites for hydroxylation is 2. The number of benzene rings is 3. The molecular formula is C63H102N4O2+4. The van der Waals surface area contributed by atoms with Gasteiger partial charge in [-0.05, 0) is 146 Å². The number of hydrogen-bond donors (Lipinski definition) is 0. The highest BCUT2D eigenvalue weighted by atomic mass is 16.7. The summed E-state index contributed by atoms with van der Waals surface area (Å²) in [7, 11) is 0. The van der Waals surface area contributed by atoms with E-state index in [9.17, 15) is 0 Å². The molecule has 0 fully saturated rings. The van der Waals surface area contributed by atoms with Gasteiger partial charge in [-0.2, -0.15) is 0 Å². The highest BCUT2D eigenvalue weighted by Gasteiger charge is 2.72. The maximum atomic E-state index is 7.43. The smallest absolute Gasteiger partial charge is 0.340 e. The molecule has 0 aromatic heterocycles. The summed E-state index contributed by atoms with van der Waals surface area (Å²) < 4.78 is 22.0. The fraction of sp³-hybridized carbons (Fsp3) is 0.683. The molecule has 3 aliphatic heterocycles. The van der Waals surface area contributed by atoms with Crippen molar-refractivity contribution >= 4 is 23.8 Å². The lowest BCUT2D eigenvalue weighted by molar-refractivity contribution is -0.929. The number of quaternary nitrogens is 2. The molecule has 0 saturated heterocycles. The standard InChI is InChI=1S/C63H102N4O2/c1-11-19-31-53(32-20-12-2)55-45-51(9)61-57(47-55)49-64-59-35-27-28-36-60(59)65-50-58-48-56(46-52(10)62(58)69-63(64,65)68-61)54(33-29-43-66(37-21-13-3,38-22-14-4)39-23-15-5)34-30-44-67(40-24-16-6,41-25-17-7)42-26-18-8/h27-28,35-36,45-50,53-54H,11-26,29-34,37-44H2,1-10H3/q+4. The molecule has 0 bridgehead atoms. The molecule has 1 unspecified atom stereocenters. The summed E-state index contributed by atoms with van der Waals surface area (Å²) in [6, 6.07) is 17.5. The van der Waals surface area contributed by atoms with E-state index in [0.717, 1.165) is 28.4 Å². The summed E-state index contributed by atoms with van der Waals surface area (Å²) in [5.41, 5.74) is 9.91. The van der Waals surface area contributed by atoms with E-state index in [-0.39, 0.29) is 0 Å². The van der Waals surface area contributed by atoms with E-state index < -0.39 is 6.03 Å². The molecule has 69 heavy (non-hydrogen) atoms. The van der Waals surface area contributed by atoms with Crippen LogP contribution in [0.15, 0.2) is 48.5 Å². The van der Waals surface area contributed by atoms with Gasteiger partial charge < -0.3 is 18.4 Å². The van der Waals surface area contributed by atoms with E-state index >= 15 is 0 Å². The monoisotopic (exact) mass is 947 g/mol. The minimum atomic E-state index is -1.17. The van der Waals surface area contributed by atoms with Gasteiger partial charge in [0.25, 0.3) is 11.4 Å². The SMILES string of the molecule is CCCCC(CCCC)c1cc(C)c2c(c1)C=[N+]1c3ccccc3[N+]3=Cc4cc(C(CCC[N+](CCCC)(CCCC)CCCC)CCC[N+](CCCC)(CCCC)CCCC)cc(C)c4OC13O2. The van der Waals surface area contributed by atoms with Crippen molar-refractivity contribution in [1.29, 1.82) is 0 Å². The first-order valence-electron chi connectivity index (χ1n) is 29.3. The van der Waals surface area contributed by atoms with Crippen molar-refractivity contribution in [3.63, 3.8) is 0 Å². The molecule has 3 heterocycles. The van der Waals surface area contributed by atoms with Crippen LogP contribution < -0.4 is 9.47 Å². The molecule has 0 radical (unpaired) electrons. The van der Waals surface area contributed by atoms with Crippen LogP contribution in [-0.4, -0.2) is 88.9 Å². The van der Waals surface area contributed by atoms with E-state index in [0.29, 0.717) is 11.8 Å². The molecule has 0 saturated carbocycles. The Hall–Kier alpha value is -3.48. The topological polar surface area (TPSA) is 24.5 Å². The van der Waals surface area contributed by atoms with Gasteiger partial charge in [-0.15, -0.1) is 0 Å². The Balaban J connectivity index is 1.37. The van der Waals surface area contributed by atoms with Crippen LogP contribution in [0.4, 0.5) is 11.4 Å². The average Bonchev–Trinajstić information content (AvgIpc) is 3.63. The summed E-state index contributed by atoms with van der Waals surface area (Å²) in [6.07, 6.45) is 33.0. The number of unbranched alkanes of at least 4 members (excludes halogenated alkanes) is 8. The van der Waals surface area contributed by atoms with Crippen molar-refractivity contribution in [3.8, 4) is 11.5 Å². The molecule has 6 rings (SSSR count). The minimum absolute atomic E-state index is 0.512. The molecule has 0 amide bonds. The average molecular weight is 948 g/mol. The third-order valence-corrected chi connectivity index (χ3v) is 16.7. The van der Waals surface area contributed by atoms with E-state index in [4.69, 9.17) is 9.47 Å². The highest BCUT2D eigenvalue weighted by Crippen LogP contribution is 2.50. The van der Waals surface area contributed by atoms with Crippen LogP contribution in [0.1, 0.15) is 242 Å². The summed E-state index contributed by atoms with van der Waals surface area (Å²) in [5.74, 6) is 2.96. The number of nitrogens with zero attached hydrogens (tertiary/aromatic N) is 4. The number of para-hydroxylation sites is 2. The van der Waals surface area contributed by atoms with Crippen LogP contribution in [0.2, 0.25) is 0 Å². The third-order valence-electron chi connectivity index (χ3n) is 16.7. The van der Waals surface area contributed by atoms with Crippen LogP contribution in [-0.2, 0) is 0 Å². The lowest BCUT2D eigenvalue weighted by Crippen LogP contribution is -2.59.